The van der Waals surface area contributed by atoms with E-state index in [1.54, 1.807) is 56.6 Å². The molecule has 1 aromatic carbocycles. The summed E-state index contributed by atoms with van der Waals surface area (Å²) in [4.78, 5) is 58.1. The first-order valence-corrected chi connectivity index (χ1v) is 13.6. The highest BCUT2D eigenvalue weighted by Crippen LogP contribution is 2.18. The highest BCUT2D eigenvalue weighted by molar-refractivity contribution is 6.02. The van der Waals surface area contributed by atoms with Crippen LogP contribution < -0.4 is 16.1 Å². The van der Waals surface area contributed by atoms with Crippen molar-refractivity contribution in [2.75, 3.05) is 44.2 Å². The molecule has 3 aromatic heterocycles. The maximum Gasteiger partial charge on any atom is 0.339 e. The second-order valence-electron chi connectivity index (χ2n) is 9.73. The Balaban J connectivity index is 1.39. The van der Waals surface area contributed by atoms with Crippen molar-refractivity contribution in [1.82, 2.24) is 29.0 Å². The van der Waals surface area contributed by atoms with Gasteiger partial charge in [-0.15, -0.1) is 0 Å². The third-order valence-corrected chi connectivity index (χ3v) is 7.05. The number of ether oxygens (including phenoxy) is 1. The normalized spacial score (nSPS) is 14.0. The van der Waals surface area contributed by atoms with Crippen molar-refractivity contribution in [3.05, 3.63) is 87.0 Å². The van der Waals surface area contributed by atoms with E-state index in [4.69, 9.17) is 4.74 Å². The lowest BCUT2D eigenvalue weighted by Gasteiger charge is -2.34. The van der Waals surface area contributed by atoms with E-state index in [2.05, 4.69) is 24.8 Å². The average Bonchev–Trinajstić information content (AvgIpc) is 2.97. The Kier molecular flexibility index (Phi) is 8.30. The number of aryl methyl sites for hydroxylation is 2. The quantitative estimate of drug-likeness (QED) is 0.232. The number of nitrogens with zero attached hydrogens (tertiary/aromatic N) is 7. The number of pyridine rings is 1. The topological polar surface area (TPSA) is 115 Å². The van der Waals surface area contributed by atoms with Crippen LogP contribution >= 0.6 is 0 Å². The molecule has 0 unspecified atom stereocenters. The summed E-state index contributed by atoms with van der Waals surface area (Å²) in [7, 11) is 0. The summed E-state index contributed by atoms with van der Waals surface area (Å²) in [5, 5.41) is 0.0896. The molecule has 208 valence electrons. The Bertz CT molecular complexity index is 1590. The van der Waals surface area contributed by atoms with Crippen LogP contribution in [0.2, 0.25) is 0 Å². The highest BCUT2D eigenvalue weighted by atomic mass is 16.5. The van der Waals surface area contributed by atoms with E-state index in [-0.39, 0.29) is 23.2 Å². The maximum absolute atomic E-state index is 13.7. The number of fused-ring (bicyclic) bond motifs is 1. The molecule has 1 aliphatic rings. The number of para-hydroxylation sites is 1. The van der Waals surface area contributed by atoms with Crippen LogP contribution in [0, 0.1) is 6.92 Å². The molecule has 11 nitrogen and oxygen atoms in total. The standard InChI is InChI=1S/C29H33N7O4/c1-3-40-27(38)23-20-21(2)32-25-24(23)26(37)36(22-10-5-4-6-11-22)29(39)35(25)15-8-7-14-33-16-18-34(19-17-33)28-30-12-9-13-31-28/h4-6,9-13,20H,3,7-8,14-19H2,1-2H3. The van der Waals surface area contributed by atoms with Crippen molar-refractivity contribution in [1.29, 1.82) is 0 Å². The second kappa shape index (κ2) is 12.2. The zero-order chi connectivity index (χ0) is 28.1. The first-order chi connectivity index (χ1) is 19.5. The van der Waals surface area contributed by atoms with Crippen molar-refractivity contribution in [2.24, 2.45) is 0 Å². The zero-order valence-corrected chi connectivity index (χ0v) is 22.8. The van der Waals surface area contributed by atoms with E-state index in [0.29, 0.717) is 24.3 Å². The molecule has 0 saturated carbocycles. The predicted molar refractivity (Wildman–Crippen MR) is 152 cm³/mol. The average molecular weight is 544 g/mol. The molecule has 1 fully saturated rings. The third-order valence-electron chi connectivity index (χ3n) is 7.05. The van der Waals surface area contributed by atoms with Gasteiger partial charge in [0.05, 0.1) is 23.2 Å². The summed E-state index contributed by atoms with van der Waals surface area (Å²) in [5.41, 5.74) is 0.228. The molecule has 0 radical (unpaired) electrons. The van der Waals surface area contributed by atoms with Crippen LogP contribution in [0.3, 0.4) is 0 Å². The van der Waals surface area contributed by atoms with Crippen molar-refractivity contribution in [2.45, 2.75) is 33.2 Å². The van der Waals surface area contributed by atoms with Crippen molar-refractivity contribution in [3.63, 3.8) is 0 Å². The fourth-order valence-corrected chi connectivity index (χ4v) is 5.08. The summed E-state index contributed by atoms with van der Waals surface area (Å²) < 4.78 is 7.88. The van der Waals surface area contributed by atoms with Gasteiger partial charge in [0.15, 0.2) is 5.65 Å². The summed E-state index contributed by atoms with van der Waals surface area (Å²) in [5.74, 6) is 0.145. The van der Waals surface area contributed by atoms with Gasteiger partial charge in [-0.3, -0.25) is 14.3 Å². The van der Waals surface area contributed by atoms with Gasteiger partial charge in [0, 0.05) is 50.8 Å². The Morgan fingerprint density at radius 2 is 1.65 bits per heavy atom. The summed E-state index contributed by atoms with van der Waals surface area (Å²) in [6.07, 6.45) is 5.08. The van der Waals surface area contributed by atoms with E-state index in [0.717, 1.165) is 49.7 Å². The van der Waals surface area contributed by atoms with Gasteiger partial charge in [0.25, 0.3) is 5.56 Å². The number of esters is 1. The molecule has 0 N–H and O–H groups in total. The molecule has 4 heterocycles. The molecule has 0 spiro atoms. The number of aromatic nitrogens is 5. The van der Waals surface area contributed by atoms with Crippen LogP contribution in [0.15, 0.2) is 64.4 Å². The van der Waals surface area contributed by atoms with Gasteiger partial charge in [-0.25, -0.2) is 29.1 Å². The minimum atomic E-state index is -0.611. The molecule has 11 heteroatoms. The Hall–Kier alpha value is -4.38. The molecule has 5 rings (SSSR count). The number of piperazine rings is 1. The number of rotatable bonds is 9. The van der Waals surface area contributed by atoms with Crippen LogP contribution in [-0.2, 0) is 11.3 Å². The van der Waals surface area contributed by atoms with Crippen LogP contribution in [0.25, 0.3) is 16.7 Å². The molecule has 1 saturated heterocycles. The van der Waals surface area contributed by atoms with Gasteiger partial charge in [-0.1, -0.05) is 18.2 Å². The molecular weight excluding hydrogens is 510 g/mol. The number of carbonyl (C=O) groups is 1. The van der Waals surface area contributed by atoms with Crippen LogP contribution in [0.5, 0.6) is 0 Å². The summed E-state index contributed by atoms with van der Waals surface area (Å²) in [6.45, 7) is 8.38. The summed E-state index contributed by atoms with van der Waals surface area (Å²) in [6, 6.07) is 12.1. The Morgan fingerprint density at radius 1 is 0.950 bits per heavy atom. The first kappa shape index (κ1) is 27.2. The SMILES string of the molecule is CCOC(=O)c1cc(C)nc2c1c(=O)n(-c1ccccc1)c(=O)n2CCCCN1CCN(c2ncccn2)CC1. The van der Waals surface area contributed by atoms with Gasteiger partial charge in [-0.05, 0) is 57.5 Å². The Labute approximate surface area is 231 Å². The van der Waals surface area contributed by atoms with Gasteiger partial charge in [-0.2, -0.15) is 0 Å². The fraction of sp³-hybridized carbons (Fsp3) is 0.379. The minimum Gasteiger partial charge on any atom is -0.462 e. The van der Waals surface area contributed by atoms with Crippen LogP contribution in [0.4, 0.5) is 5.95 Å². The molecule has 0 amide bonds. The maximum atomic E-state index is 13.7. The molecule has 0 bridgehead atoms. The monoisotopic (exact) mass is 543 g/mol. The van der Waals surface area contributed by atoms with Gasteiger partial charge < -0.3 is 9.64 Å². The van der Waals surface area contributed by atoms with E-state index in [1.165, 1.54) is 4.57 Å². The molecule has 40 heavy (non-hydrogen) atoms. The molecule has 4 aromatic rings. The number of hydrogen-bond donors (Lipinski definition) is 0. The lowest BCUT2D eigenvalue weighted by atomic mass is 10.1. The lowest BCUT2D eigenvalue weighted by Crippen LogP contribution is -2.47. The van der Waals surface area contributed by atoms with Gasteiger partial charge >= 0.3 is 11.7 Å². The fourth-order valence-electron chi connectivity index (χ4n) is 5.08. The number of benzene rings is 1. The lowest BCUT2D eigenvalue weighted by molar-refractivity contribution is 0.0528. The van der Waals surface area contributed by atoms with Gasteiger partial charge in [0.1, 0.15) is 0 Å². The number of unbranched alkanes of at least 4 members (excludes halogenated alkanes) is 1. The van der Waals surface area contributed by atoms with Gasteiger partial charge in [0.2, 0.25) is 5.95 Å². The molecule has 0 atom stereocenters. The minimum absolute atomic E-state index is 0.0896. The first-order valence-electron chi connectivity index (χ1n) is 13.6. The molecule has 0 aliphatic carbocycles. The van der Waals surface area contributed by atoms with Crippen molar-refractivity contribution < 1.29 is 9.53 Å². The molecular formula is C29H33N7O4. The van der Waals surface area contributed by atoms with Crippen molar-refractivity contribution >= 4 is 23.0 Å². The van der Waals surface area contributed by atoms with E-state index in [9.17, 15) is 14.4 Å². The highest BCUT2D eigenvalue weighted by Gasteiger charge is 2.23. The summed E-state index contributed by atoms with van der Waals surface area (Å²) >= 11 is 0. The number of hydrogen-bond acceptors (Lipinski definition) is 9. The van der Waals surface area contributed by atoms with Crippen LogP contribution in [0.1, 0.15) is 35.8 Å². The number of carbonyl (C=O) groups excluding carboxylic acids is 1. The van der Waals surface area contributed by atoms with Crippen molar-refractivity contribution in [3.8, 4) is 5.69 Å². The Morgan fingerprint density at radius 3 is 2.35 bits per heavy atom. The predicted octanol–water partition coefficient (Wildman–Crippen LogP) is 2.42. The second-order valence-corrected chi connectivity index (χ2v) is 9.73. The third kappa shape index (κ3) is 5.64. The smallest absolute Gasteiger partial charge is 0.339 e. The van der Waals surface area contributed by atoms with E-state index < -0.39 is 17.2 Å². The van der Waals surface area contributed by atoms with Crippen LogP contribution in [-0.4, -0.2) is 74.3 Å². The number of anilines is 1. The van der Waals surface area contributed by atoms with E-state index in [1.807, 2.05) is 12.1 Å². The van der Waals surface area contributed by atoms with E-state index >= 15 is 0 Å². The largest absolute Gasteiger partial charge is 0.462 e. The zero-order valence-electron chi connectivity index (χ0n) is 22.8. The molecule has 1 aliphatic heterocycles.